The van der Waals surface area contributed by atoms with Gasteiger partial charge in [0.15, 0.2) is 0 Å². The zero-order valence-electron chi connectivity index (χ0n) is 11.9. The third-order valence-electron chi connectivity index (χ3n) is 3.50. The molecule has 1 aliphatic rings. The predicted octanol–water partition coefficient (Wildman–Crippen LogP) is 2.15. The number of halogens is 2. The molecule has 1 aromatic carbocycles. The fourth-order valence-corrected chi connectivity index (χ4v) is 4.57. The molecule has 2 rings (SSSR count). The van der Waals surface area contributed by atoms with Gasteiger partial charge in [0.25, 0.3) is 5.69 Å². The van der Waals surface area contributed by atoms with E-state index in [9.17, 15) is 18.5 Å². The Morgan fingerprint density at radius 1 is 1.41 bits per heavy atom. The van der Waals surface area contributed by atoms with Crippen molar-refractivity contribution in [1.29, 1.82) is 0 Å². The maximum absolute atomic E-state index is 12.6. The van der Waals surface area contributed by atoms with Crippen molar-refractivity contribution in [2.45, 2.75) is 23.8 Å². The van der Waals surface area contributed by atoms with Crippen molar-refractivity contribution in [3.05, 3.63) is 32.8 Å². The monoisotopic (exact) mass is 413 g/mol. The van der Waals surface area contributed by atoms with Gasteiger partial charge in [-0.25, -0.2) is 8.42 Å². The summed E-state index contributed by atoms with van der Waals surface area (Å²) >= 11 is 3.12. The molecular formula is C12H17BrClN3O4S. The van der Waals surface area contributed by atoms with Crippen molar-refractivity contribution < 1.29 is 13.3 Å². The number of nitro groups is 1. The van der Waals surface area contributed by atoms with Gasteiger partial charge in [-0.3, -0.25) is 10.1 Å². The molecule has 0 saturated carbocycles. The van der Waals surface area contributed by atoms with Crippen LogP contribution in [0.1, 0.15) is 12.8 Å². The molecule has 22 heavy (non-hydrogen) atoms. The highest BCUT2D eigenvalue weighted by atomic mass is 79.9. The average molecular weight is 415 g/mol. The minimum atomic E-state index is -3.72. The second-order valence-corrected chi connectivity index (χ2v) is 7.75. The minimum Gasteiger partial charge on any atom is -0.316 e. The molecule has 0 bridgehead atoms. The summed E-state index contributed by atoms with van der Waals surface area (Å²) in [4.78, 5) is 10.2. The predicted molar refractivity (Wildman–Crippen MR) is 88.9 cm³/mol. The molecule has 1 atom stereocenters. The molecule has 1 saturated heterocycles. The van der Waals surface area contributed by atoms with E-state index in [1.54, 1.807) is 7.05 Å². The van der Waals surface area contributed by atoms with Crippen LogP contribution in [0.5, 0.6) is 0 Å². The lowest BCUT2D eigenvalue weighted by molar-refractivity contribution is -0.385. The lowest BCUT2D eigenvalue weighted by Crippen LogP contribution is -2.46. The number of hydrogen-bond acceptors (Lipinski definition) is 5. The lowest BCUT2D eigenvalue weighted by atomic mass is 10.1. The first kappa shape index (κ1) is 19.3. The molecule has 0 amide bonds. The lowest BCUT2D eigenvalue weighted by Gasteiger charge is -2.31. The maximum Gasteiger partial charge on any atom is 0.271 e. The van der Waals surface area contributed by atoms with Gasteiger partial charge >= 0.3 is 0 Å². The summed E-state index contributed by atoms with van der Waals surface area (Å²) in [7, 11) is -1.93. The highest BCUT2D eigenvalue weighted by molar-refractivity contribution is 9.10. The van der Waals surface area contributed by atoms with E-state index in [4.69, 9.17) is 0 Å². The Kier molecular flexibility index (Phi) is 6.75. The van der Waals surface area contributed by atoms with Crippen LogP contribution in [0.4, 0.5) is 5.69 Å². The van der Waals surface area contributed by atoms with E-state index in [0.29, 0.717) is 17.6 Å². The third kappa shape index (κ3) is 4.17. The second kappa shape index (κ2) is 7.69. The van der Waals surface area contributed by atoms with Gasteiger partial charge in [-0.05, 0) is 26.0 Å². The highest BCUT2D eigenvalue weighted by Crippen LogP contribution is 2.27. The summed E-state index contributed by atoms with van der Waals surface area (Å²) in [6.07, 6.45) is 1.68. The number of sulfonamides is 1. The SMILES string of the molecule is CNC1CCCN(S(=O)(=O)c2cc(Br)cc([N+](=O)[O-])c2)C1.Cl. The summed E-state index contributed by atoms with van der Waals surface area (Å²) in [6.45, 7) is 0.806. The quantitative estimate of drug-likeness (QED) is 0.602. The highest BCUT2D eigenvalue weighted by Gasteiger charge is 2.30. The molecule has 0 aromatic heterocycles. The number of piperidine rings is 1. The first-order valence-corrected chi connectivity index (χ1v) is 8.70. The number of nitrogens with zero attached hydrogens (tertiary/aromatic N) is 2. The Labute approximate surface area is 143 Å². The number of likely N-dealkylation sites (N-methyl/N-ethyl adjacent to an activating group) is 1. The number of benzene rings is 1. The van der Waals surface area contributed by atoms with Gasteiger partial charge < -0.3 is 5.32 Å². The molecule has 0 aliphatic carbocycles. The maximum atomic E-state index is 12.6. The smallest absolute Gasteiger partial charge is 0.271 e. The van der Waals surface area contributed by atoms with Crippen LogP contribution in [0, 0.1) is 10.1 Å². The molecule has 1 heterocycles. The van der Waals surface area contributed by atoms with E-state index >= 15 is 0 Å². The number of nitro benzene ring substituents is 1. The van der Waals surface area contributed by atoms with Crippen molar-refractivity contribution in [1.82, 2.24) is 9.62 Å². The molecule has 1 unspecified atom stereocenters. The normalized spacial score (nSPS) is 19.5. The summed E-state index contributed by atoms with van der Waals surface area (Å²) < 4.78 is 27.0. The fraction of sp³-hybridized carbons (Fsp3) is 0.500. The van der Waals surface area contributed by atoms with Crippen LogP contribution in [-0.4, -0.2) is 43.8 Å². The number of nitrogens with one attached hydrogen (secondary N) is 1. The van der Waals surface area contributed by atoms with Crippen LogP contribution < -0.4 is 5.32 Å². The van der Waals surface area contributed by atoms with Crippen LogP contribution in [0.2, 0.25) is 0 Å². The average Bonchev–Trinajstić information content (AvgIpc) is 2.46. The van der Waals surface area contributed by atoms with Gasteiger partial charge in [-0.1, -0.05) is 15.9 Å². The van der Waals surface area contributed by atoms with Crippen LogP contribution >= 0.6 is 28.3 Å². The number of rotatable bonds is 4. The van der Waals surface area contributed by atoms with Crippen molar-refractivity contribution in [2.75, 3.05) is 20.1 Å². The summed E-state index contributed by atoms with van der Waals surface area (Å²) in [5.41, 5.74) is -0.245. The van der Waals surface area contributed by atoms with Gasteiger partial charge in [0.05, 0.1) is 9.82 Å². The number of hydrogen-bond donors (Lipinski definition) is 1. The van der Waals surface area contributed by atoms with E-state index in [1.165, 1.54) is 16.4 Å². The molecule has 1 N–H and O–H groups in total. The molecule has 0 spiro atoms. The zero-order valence-corrected chi connectivity index (χ0v) is 15.1. The Hall–Kier alpha value is -0.740. The standard InChI is InChI=1S/C12H16BrN3O4S.ClH/c1-14-10-3-2-4-15(8-10)21(19,20)12-6-9(13)5-11(7-12)16(17)18;/h5-7,10,14H,2-4,8H2,1H3;1H. The fourth-order valence-electron chi connectivity index (χ4n) is 2.35. The van der Waals surface area contributed by atoms with E-state index in [-0.39, 0.29) is 29.0 Å². The Morgan fingerprint density at radius 3 is 2.68 bits per heavy atom. The van der Waals surface area contributed by atoms with E-state index < -0.39 is 14.9 Å². The molecule has 1 fully saturated rings. The molecule has 10 heteroatoms. The summed E-state index contributed by atoms with van der Waals surface area (Å²) in [5.74, 6) is 0. The van der Waals surface area contributed by atoms with Crippen LogP contribution in [0.25, 0.3) is 0 Å². The van der Waals surface area contributed by atoms with Gasteiger partial charge in [-0.15, -0.1) is 12.4 Å². The van der Waals surface area contributed by atoms with Crippen molar-refractivity contribution in [3.8, 4) is 0 Å². The Morgan fingerprint density at radius 2 is 2.09 bits per heavy atom. The van der Waals surface area contributed by atoms with Gasteiger partial charge in [-0.2, -0.15) is 4.31 Å². The molecular weight excluding hydrogens is 398 g/mol. The van der Waals surface area contributed by atoms with Crippen molar-refractivity contribution in [2.24, 2.45) is 0 Å². The first-order chi connectivity index (χ1) is 9.84. The summed E-state index contributed by atoms with van der Waals surface area (Å²) in [6, 6.07) is 3.88. The topological polar surface area (TPSA) is 92.6 Å². The van der Waals surface area contributed by atoms with Gasteiger partial charge in [0.2, 0.25) is 10.0 Å². The van der Waals surface area contributed by atoms with Crippen LogP contribution in [-0.2, 0) is 10.0 Å². The molecule has 124 valence electrons. The van der Waals surface area contributed by atoms with Gasteiger partial charge in [0.1, 0.15) is 0 Å². The Bertz CT molecular complexity index is 656. The van der Waals surface area contributed by atoms with Crippen molar-refractivity contribution >= 4 is 44.0 Å². The minimum absolute atomic E-state index is 0. The number of non-ortho nitro benzene ring substituents is 1. The van der Waals surface area contributed by atoms with Crippen molar-refractivity contribution in [3.63, 3.8) is 0 Å². The van der Waals surface area contributed by atoms with Gasteiger partial charge in [0, 0.05) is 35.7 Å². The van der Waals surface area contributed by atoms with Crippen LogP contribution in [0.15, 0.2) is 27.6 Å². The zero-order chi connectivity index (χ0) is 15.6. The Balaban J connectivity index is 0.00000242. The van der Waals surface area contributed by atoms with Crippen LogP contribution in [0.3, 0.4) is 0 Å². The third-order valence-corrected chi connectivity index (χ3v) is 5.80. The molecule has 7 nitrogen and oxygen atoms in total. The summed E-state index contributed by atoms with van der Waals surface area (Å²) in [5, 5.41) is 13.9. The first-order valence-electron chi connectivity index (χ1n) is 6.47. The van der Waals surface area contributed by atoms with E-state index in [0.717, 1.165) is 18.9 Å². The van der Waals surface area contributed by atoms with E-state index in [1.807, 2.05) is 0 Å². The molecule has 1 aromatic rings. The largest absolute Gasteiger partial charge is 0.316 e. The molecule has 0 radical (unpaired) electrons. The second-order valence-electron chi connectivity index (χ2n) is 4.89. The molecule has 1 aliphatic heterocycles. The van der Waals surface area contributed by atoms with E-state index in [2.05, 4.69) is 21.2 Å².